The second-order valence-corrected chi connectivity index (χ2v) is 7.80. The first-order valence-corrected chi connectivity index (χ1v) is 10.2. The number of hydrogen-bond donors (Lipinski definition) is 3. The highest BCUT2D eigenvalue weighted by Crippen LogP contribution is 2.25. The van der Waals surface area contributed by atoms with Crippen LogP contribution < -0.4 is 22.1 Å². The van der Waals surface area contributed by atoms with Crippen LogP contribution in [-0.2, 0) is 6.42 Å². The lowest BCUT2D eigenvalue weighted by Crippen LogP contribution is -2.43. The molecule has 9 heteroatoms. The molecule has 31 heavy (non-hydrogen) atoms. The van der Waals surface area contributed by atoms with Crippen LogP contribution >= 0.6 is 0 Å². The number of nitrogens with zero attached hydrogens (tertiary/aromatic N) is 4. The minimum absolute atomic E-state index is 0.0385. The van der Waals surface area contributed by atoms with E-state index in [4.69, 9.17) is 11.5 Å². The van der Waals surface area contributed by atoms with Gasteiger partial charge in [0, 0.05) is 24.7 Å². The van der Waals surface area contributed by atoms with E-state index in [1.165, 1.54) is 6.20 Å². The number of H-pyrrole nitrogens is 1. The lowest BCUT2D eigenvalue weighted by molar-refractivity contribution is 0.0988. The van der Waals surface area contributed by atoms with Crippen LogP contribution in [0.25, 0.3) is 11.3 Å². The van der Waals surface area contributed by atoms with Gasteiger partial charge in [0.15, 0.2) is 11.6 Å². The second-order valence-electron chi connectivity index (χ2n) is 7.80. The minimum atomic E-state index is -0.513. The molecule has 2 aromatic heterocycles. The lowest BCUT2D eigenvalue weighted by Gasteiger charge is -2.33. The van der Waals surface area contributed by atoms with Gasteiger partial charge < -0.3 is 21.4 Å². The Labute approximate surface area is 179 Å². The third kappa shape index (κ3) is 4.46. The normalized spacial score (nSPS) is 16.3. The van der Waals surface area contributed by atoms with E-state index < -0.39 is 5.69 Å². The number of hydrogen-bond acceptors (Lipinski definition) is 8. The molecular weight excluding hydrogens is 394 g/mol. The summed E-state index contributed by atoms with van der Waals surface area (Å²) in [5.74, 6) is -0.273. The van der Waals surface area contributed by atoms with Crippen molar-refractivity contribution in [3.63, 3.8) is 0 Å². The quantitative estimate of drug-likeness (QED) is 0.527. The van der Waals surface area contributed by atoms with Gasteiger partial charge >= 0.3 is 5.69 Å². The summed E-state index contributed by atoms with van der Waals surface area (Å²) in [4.78, 5) is 42.3. The number of carbonyl (C=O) groups is 1. The van der Waals surface area contributed by atoms with Crippen LogP contribution in [-0.4, -0.2) is 44.9 Å². The Kier molecular flexibility index (Phi) is 5.77. The van der Waals surface area contributed by atoms with Crippen molar-refractivity contribution < 1.29 is 4.79 Å². The van der Waals surface area contributed by atoms with E-state index >= 15 is 0 Å². The van der Waals surface area contributed by atoms with Gasteiger partial charge in [-0.15, -0.1) is 0 Å². The molecule has 0 spiro atoms. The SMILES string of the molecule is Cc1ccccc1-c1cnc(N)c(C(=O)Cc2[nH]c(=O)ncc2N2CCCC(N)C2)n1. The number of aromatic amines is 1. The van der Waals surface area contributed by atoms with Gasteiger partial charge in [0.05, 0.1) is 35.9 Å². The first kappa shape index (κ1) is 20.7. The van der Waals surface area contributed by atoms with Gasteiger partial charge in [0.2, 0.25) is 0 Å². The van der Waals surface area contributed by atoms with Crippen LogP contribution in [0.5, 0.6) is 0 Å². The van der Waals surface area contributed by atoms with Gasteiger partial charge in [-0.05, 0) is 25.3 Å². The van der Waals surface area contributed by atoms with Crippen LogP contribution in [0.3, 0.4) is 0 Å². The number of rotatable bonds is 5. The highest BCUT2D eigenvalue weighted by molar-refractivity contribution is 6.00. The summed E-state index contributed by atoms with van der Waals surface area (Å²) in [6.07, 6.45) is 4.86. The van der Waals surface area contributed by atoms with E-state index in [0.717, 1.165) is 30.5 Å². The third-order valence-electron chi connectivity index (χ3n) is 5.49. The summed E-state index contributed by atoms with van der Waals surface area (Å²) < 4.78 is 0. The minimum Gasteiger partial charge on any atom is -0.382 e. The summed E-state index contributed by atoms with van der Waals surface area (Å²) in [6, 6.07) is 7.76. The maximum atomic E-state index is 13.1. The number of carbonyl (C=O) groups excluding carboxylic acids is 1. The molecule has 1 saturated heterocycles. The van der Waals surface area contributed by atoms with E-state index in [1.807, 2.05) is 31.2 Å². The summed E-state index contributed by atoms with van der Waals surface area (Å²) in [5.41, 5.74) is 15.3. The van der Waals surface area contributed by atoms with Crippen LogP contribution in [0.15, 0.2) is 41.5 Å². The molecule has 0 radical (unpaired) electrons. The van der Waals surface area contributed by atoms with E-state index in [9.17, 15) is 9.59 Å². The van der Waals surface area contributed by atoms with Crippen LogP contribution in [0.1, 0.15) is 34.6 Å². The molecule has 1 aromatic carbocycles. The van der Waals surface area contributed by atoms with Gasteiger partial charge in [-0.3, -0.25) is 4.79 Å². The lowest BCUT2D eigenvalue weighted by atomic mass is 10.0. The van der Waals surface area contributed by atoms with Crippen LogP contribution in [0.2, 0.25) is 0 Å². The Morgan fingerprint density at radius 3 is 2.84 bits per heavy atom. The van der Waals surface area contributed by atoms with Crippen molar-refractivity contribution in [2.75, 3.05) is 23.7 Å². The third-order valence-corrected chi connectivity index (χ3v) is 5.49. The molecule has 1 fully saturated rings. The zero-order valence-corrected chi connectivity index (χ0v) is 17.3. The first-order chi connectivity index (χ1) is 14.9. The Morgan fingerprint density at radius 1 is 1.26 bits per heavy atom. The van der Waals surface area contributed by atoms with Gasteiger partial charge in [-0.2, -0.15) is 4.98 Å². The number of Topliss-reactive ketones (excluding diaryl/α,β-unsaturated/α-hetero) is 1. The molecule has 3 aromatic rings. The maximum Gasteiger partial charge on any atom is 0.345 e. The number of anilines is 2. The molecule has 9 nitrogen and oxygen atoms in total. The van der Waals surface area contributed by atoms with Crippen molar-refractivity contribution >= 4 is 17.3 Å². The fourth-order valence-electron chi connectivity index (χ4n) is 3.90. The smallest absolute Gasteiger partial charge is 0.345 e. The van der Waals surface area contributed by atoms with E-state index in [2.05, 4.69) is 24.8 Å². The summed E-state index contributed by atoms with van der Waals surface area (Å²) in [7, 11) is 0. The monoisotopic (exact) mass is 419 g/mol. The number of nitrogens with two attached hydrogens (primary N) is 2. The molecule has 5 N–H and O–H groups in total. The van der Waals surface area contributed by atoms with Crippen LogP contribution in [0, 0.1) is 6.92 Å². The van der Waals surface area contributed by atoms with Crippen LogP contribution in [0.4, 0.5) is 11.5 Å². The molecule has 0 bridgehead atoms. The molecule has 0 aliphatic carbocycles. The van der Waals surface area contributed by atoms with Crippen molar-refractivity contribution in [1.82, 2.24) is 19.9 Å². The molecule has 1 atom stereocenters. The molecule has 1 aliphatic rings. The summed E-state index contributed by atoms with van der Waals surface area (Å²) in [5, 5.41) is 0. The number of nitrogens with one attached hydrogen (secondary N) is 1. The van der Waals surface area contributed by atoms with Gasteiger partial charge in [0.1, 0.15) is 5.69 Å². The van der Waals surface area contributed by atoms with E-state index in [1.54, 1.807) is 6.20 Å². The number of ketones is 1. The average molecular weight is 419 g/mol. The first-order valence-electron chi connectivity index (χ1n) is 10.2. The molecule has 1 aliphatic heterocycles. The highest BCUT2D eigenvalue weighted by Gasteiger charge is 2.23. The zero-order chi connectivity index (χ0) is 22.0. The van der Waals surface area contributed by atoms with E-state index in [0.29, 0.717) is 23.6 Å². The molecule has 0 amide bonds. The number of nitrogen functional groups attached to an aromatic ring is 1. The standard InChI is InChI=1S/C22H25N7O2/c1-13-5-2-3-7-15(13)17-10-25-21(24)20(27-17)19(30)9-16-18(11-26-22(31)28-16)29-8-4-6-14(23)12-29/h2-3,5,7,10-11,14H,4,6,8-9,12,23H2,1H3,(H2,24,25)(H,26,28,31). The summed E-state index contributed by atoms with van der Waals surface area (Å²) in [6.45, 7) is 3.39. The number of aryl methyl sites for hydroxylation is 1. The fourth-order valence-corrected chi connectivity index (χ4v) is 3.90. The number of benzene rings is 1. The van der Waals surface area contributed by atoms with Gasteiger partial charge in [0.25, 0.3) is 0 Å². The van der Waals surface area contributed by atoms with Crippen molar-refractivity contribution in [3.8, 4) is 11.3 Å². The van der Waals surface area contributed by atoms with Crippen molar-refractivity contribution in [3.05, 3.63) is 64.1 Å². The highest BCUT2D eigenvalue weighted by atomic mass is 16.1. The molecule has 160 valence electrons. The zero-order valence-electron chi connectivity index (χ0n) is 17.3. The number of piperidine rings is 1. The topological polar surface area (TPSA) is 144 Å². The maximum absolute atomic E-state index is 13.1. The van der Waals surface area contributed by atoms with Crippen molar-refractivity contribution in [2.24, 2.45) is 5.73 Å². The van der Waals surface area contributed by atoms with Gasteiger partial charge in [-0.1, -0.05) is 24.3 Å². The van der Waals surface area contributed by atoms with Crippen molar-refractivity contribution in [1.29, 1.82) is 0 Å². The van der Waals surface area contributed by atoms with Crippen molar-refractivity contribution in [2.45, 2.75) is 32.2 Å². The molecule has 4 rings (SSSR count). The Bertz CT molecular complexity index is 1170. The Hall–Kier alpha value is -3.59. The molecule has 1 unspecified atom stereocenters. The predicted octanol–water partition coefficient (Wildman–Crippen LogP) is 1.47. The predicted molar refractivity (Wildman–Crippen MR) is 119 cm³/mol. The van der Waals surface area contributed by atoms with E-state index in [-0.39, 0.29) is 29.8 Å². The average Bonchev–Trinajstić information content (AvgIpc) is 2.74. The molecule has 0 saturated carbocycles. The fraction of sp³-hybridized carbons (Fsp3) is 0.318. The number of aromatic nitrogens is 4. The second kappa shape index (κ2) is 8.65. The van der Waals surface area contributed by atoms with Gasteiger partial charge in [-0.25, -0.2) is 14.8 Å². The molecular formula is C22H25N7O2. The Balaban J connectivity index is 1.66. The largest absolute Gasteiger partial charge is 0.382 e. The summed E-state index contributed by atoms with van der Waals surface area (Å²) >= 11 is 0. The Morgan fingerprint density at radius 2 is 2.06 bits per heavy atom. The molecule has 3 heterocycles.